The lowest BCUT2D eigenvalue weighted by atomic mass is 10.4. The summed E-state index contributed by atoms with van der Waals surface area (Å²) in [5.74, 6) is -1.22. The van der Waals surface area contributed by atoms with Crippen LogP contribution in [0.5, 0.6) is 0 Å². The number of hydrogen-bond donors (Lipinski definition) is 3. The molecule has 0 unspecified atom stereocenters. The Morgan fingerprint density at radius 3 is 2.69 bits per heavy atom. The van der Waals surface area contributed by atoms with Gasteiger partial charge in [0.15, 0.2) is 0 Å². The molecule has 1 aromatic rings. The molecular weight excluding hydrogens is 232 g/mol. The summed E-state index contributed by atoms with van der Waals surface area (Å²) in [4.78, 5) is 13.4. The SMILES string of the molecule is CCCS(=O)(=O)Nc1cc(C)[nH]c1C(=O)O. The average Bonchev–Trinajstić information content (AvgIpc) is 2.45. The second-order valence-corrected chi connectivity index (χ2v) is 5.31. The number of anilines is 1. The van der Waals surface area contributed by atoms with Crippen molar-refractivity contribution in [3.05, 3.63) is 17.5 Å². The molecule has 0 aliphatic carbocycles. The van der Waals surface area contributed by atoms with Crippen molar-refractivity contribution < 1.29 is 18.3 Å². The van der Waals surface area contributed by atoms with Crippen molar-refractivity contribution in [2.24, 2.45) is 0 Å². The van der Waals surface area contributed by atoms with Gasteiger partial charge in [-0.3, -0.25) is 4.72 Å². The van der Waals surface area contributed by atoms with Crippen LogP contribution in [-0.4, -0.2) is 30.2 Å². The van der Waals surface area contributed by atoms with Crippen molar-refractivity contribution in [2.75, 3.05) is 10.5 Å². The summed E-state index contributed by atoms with van der Waals surface area (Å²) in [5, 5.41) is 8.84. The first-order valence-corrected chi connectivity index (χ1v) is 6.44. The molecule has 0 fully saturated rings. The minimum atomic E-state index is -3.46. The number of aromatic nitrogens is 1. The van der Waals surface area contributed by atoms with Gasteiger partial charge in [0, 0.05) is 5.69 Å². The monoisotopic (exact) mass is 246 g/mol. The fraction of sp³-hybridized carbons (Fsp3) is 0.444. The van der Waals surface area contributed by atoms with Crippen LogP contribution in [0.15, 0.2) is 6.07 Å². The molecule has 0 atom stereocenters. The largest absolute Gasteiger partial charge is 0.477 e. The number of rotatable bonds is 5. The van der Waals surface area contributed by atoms with Gasteiger partial charge in [-0.25, -0.2) is 13.2 Å². The molecule has 1 aromatic heterocycles. The molecular formula is C9H14N2O4S. The summed E-state index contributed by atoms with van der Waals surface area (Å²) < 4.78 is 25.2. The number of nitrogens with one attached hydrogen (secondary N) is 2. The van der Waals surface area contributed by atoms with Crippen molar-refractivity contribution in [3.63, 3.8) is 0 Å². The Labute approximate surface area is 93.7 Å². The van der Waals surface area contributed by atoms with Gasteiger partial charge >= 0.3 is 5.97 Å². The third kappa shape index (κ3) is 2.99. The summed E-state index contributed by atoms with van der Waals surface area (Å²) >= 11 is 0. The minimum Gasteiger partial charge on any atom is -0.477 e. The third-order valence-corrected chi connectivity index (χ3v) is 3.38. The zero-order valence-electron chi connectivity index (χ0n) is 9.07. The van der Waals surface area contributed by atoms with E-state index in [1.807, 2.05) is 0 Å². The Morgan fingerprint density at radius 1 is 1.56 bits per heavy atom. The Balaban J connectivity index is 3.01. The zero-order valence-corrected chi connectivity index (χ0v) is 9.89. The molecule has 0 saturated heterocycles. The zero-order chi connectivity index (χ0) is 12.3. The van der Waals surface area contributed by atoms with E-state index in [4.69, 9.17) is 5.11 Å². The minimum absolute atomic E-state index is 0.0315. The number of carboxylic acid groups (broad SMARTS) is 1. The first-order chi connectivity index (χ1) is 7.35. The first kappa shape index (κ1) is 12.6. The van der Waals surface area contributed by atoms with Crippen LogP contribution in [0.2, 0.25) is 0 Å². The Hall–Kier alpha value is -1.50. The van der Waals surface area contributed by atoms with E-state index in [0.717, 1.165) is 0 Å². The molecule has 0 aliphatic heterocycles. The summed E-state index contributed by atoms with van der Waals surface area (Å²) in [7, 11) is -3.46. The highest BCUT2D eigenvalue weighted by atomic mass is 32.2. The maximum atomic E-state index is 11.5. The molecule has 3 N–H and O–H groups in total. The molecule has 0 amide bonds. The number of aromatic carboxylic acids is 1. The van der Waals surface area contributed by atoms with Gasteiger partial charge in [0.05, 0.1) is 11.4 Å². The van der Waals surface area contributed by atoms with Gasteiger partial charge in [0.25, 0.3) is 0 Å². The number of H-pyrrole nitrogens is 1. The van der Waals surface area contributed by atoms with Crippen LogP contribution in [-0.2, 0) is 10.0 Å². The number of carboxylic acids is 1. The van der Waals surface area contributed by atoms with Gasteiger partial charge in [-0.1, -0.05) is 6.92 Å². The van der Waals surface area contributed by atoms with E-state index in [0.29, 0.717) is 12.1 Å². The molecule has 16 heavy (non-hydrogen) atoms. The highest BCUT2D eigenvalue weighted by Gasteiger charge is 2.17. The first-order valence-electron chi connectivity index (χ1n) is 4.79. The lowest BCUT2D eigenvalue weighted by Gasteiger charge is -2.05. The van der Waals surface area contributed by atoms with Crippen LogP contribution < -0.4 is 4.72 Å². The van der Waals surface area contributed by atoms with E-state index in [1.54, 1.807) is 13.8 Å². The summed E-state index contributed by atoms with van der Waals surface area (Å²) in [6.07, 6.45) is 0.473. The van der Waals surface area contributed by atoms with Gasteiger partial charge in [0.2, 0.25) is 10.0 Å². The van der Waals surface area contributed by atoms with E-state index in [-0.39, 0.29) is 17.1 Å². The quantitative estimate of drug-likeness (QED) is 0.726. The molecule has 0 radical (unpaired) electrons. The van der Waals surface area contributed by atoms with Gasteiger partial charge in [-0.05, 0) is 19.4 Å². The highest BCUT2D eigenvalue weighted by Crippen LogP contribution is 2.18. The molecule has 1 heterocycles. The topological polar surface area (TPSA) is 99.3 Å². The average molecular weight is 246 g/mol. The predicted molar refractivity (Wildman–Crippen MR) is 60.2 cm³/mol. The summed E-state index contributed by atoms with van der Waals surface area (Å²) in [6, 6.07) is 1.46. The molecule has 0 bridgehead atoms. The lowest BCUT2D eigenvalue weighted by Crippen LogP contribution is -2.17. The summed E-state index contributed by atoms with van der Waals surface area (Å²) in [6.45, 7) is 3.39. The number of carbonyl (C=O) groups is 1. The fourth-order valence-electron chi connectivity index (χ4n) is 1.33. The maximum Gasteiger partial charge on any atom is 0.354 e. The van der Waals surface area contributed by atoms with Crippen LogP contribution in [0.25, 0.3) is 0 Å². The lowest BCUT2D eigenvalue weighted by molar-refractivity contribution is 0.0692. The van der Waals surface area contributed by atoms with Crippen LogP contribution in [0.1, 0.15) is 29.5 Å². The van der Waals surface area contributed by atoms with Gasteiger partial charge < -0.3 is 10.1 Å². The molecule has 1 rings (SSSR count). The van der Waals surface area contributed by atoms with E-state index in [9.17, 15) is 13.2 Å². The maximum absolute atomic E-state index is 11.5. The Morgan fingerprint density at radius 2 is 2.19 bits per heavy atom. The predicted octanol–water partition coefficient (Wildman–Crippen LogP) is 1.17. The van der Waals surface area contributed by atoms with Crippen LogP contribution in [0.3, 0.4) is 0 Å². The molecule has 90 valence electrons. The van der Waals surface area contributed by atoms with Crippen molar-refractivity contribution in [1.29, 1.82) is 0 Å². The normalized spacial score (nSPS) is 11.4. The molecule has 0 aliphatic rings. The third-order valence-electron chi connectivity index (χ3n) is 1.90. The van der Waals surface area contributed by atoms with E-state index >= 15 is 0 Å². The molecule has 6 nitrogen and oxygen atoms in total. The van der Waals surface area contributed by atoms with E-state index in [2.05, 4.69) is 9.71 Å². The smallest absolute Gasteiger partial charge is 0.354 e. The molecule has 0 saturated carbocycles. The second kappa shape index (κ2) is 4.56. The second-order valence-electron chi connectivity index (χ2n) is 3.47. The van der Waals surface area contributed by atoms with E-state index in [1.165, 1.54) is 6.07 Å². The van der Waals surface area contributed by atoms with Gasteiger partial charge in [-0.15, -0.1) is 0 Å². The van der Waals surface area contributed by atoms with E-state index < -0.39 is 16.0 Å². The van der Waals surface area contributed by atoms with Crippen LogP contribution >= 0.6 is 0 Å². The number of hydrogen-bond acceptors (Lipinski definition) is 3. The highest BCUT2D eigenvalue weighted by molar-refractivity contribution is 7.92. The summed E-state index contributed by atoms with van der Waals surface area (Å²) in [5.41, 5.74) is 0.530. The van der Waals surface area contributed by atoms with Crippen LogP contribution in [0.4, 0.5) is 5.69 Å². The van der Waals surface area contributed by atoms with Gasteiger partial charge in [0.1, 0.15) is 5.69 Å². The standard InChI is InChI=1S/C9H14N2O4S/c1-3-4-16(14,15)11-7-5-6(2)10-8(7)9(12)13/h5,10-11H,3-4H2,1-2H3,(H,12,13). The van der Waals surface area contributed by atoms with Crippen molar-refractivity contribution in [3.8, 4) is 0 Å². The van der Waals surface area contributed by atoms with Gasteiger partial charge in [-0.2, -0.15) is 0 Å². The molecule has 0 spiro atoms. The molecule has 7 heteroatoms. The Bertz CT molecular complexity index is 490. The van der Waals surface area contributed by atoms with Crippen molar-refractivity contribution in [2.45, 2.75) is 20.3 Å². The van der Waals surface area contributed by atoms with Crippen molar-refractivity contribution in [1.82, 2.24) is 4.98 Å². The Kier molecular flexibility index (Phi) is 3.58. The number of sulfonamides is 1. The number of aryl methyl sites for hydroxylation is 1. The van der Waals surface area contributed by atoms with Crippen LogP contribution in [0, 0.1) is 6.92 Å². The fourth-order valence-corrected chi connectivity index (χ4v) is 2.46. The molecule has 0 aromatic carbocycles. The number of aromatic amines is 1. The van der Waals surface area contributed by atoms with Crippen molar-refractivity contribution >= 4 is 21.7 Å².